The normalized spacial score (nSPS) is 11.7. The first-order valence-electron chi connectivity index (χ1n) is 4.75. The lowest BCUT2D eigenvalue weighted by Crippen LogP contribution is -2.09. The molecule has 0 aliphatic heterocycles. The summed E-state index contributed by atoms with van der Waals surface area (Å²) in [5.41, 5.74) is 5.69. The van der Waals surface area contributed by atoms with Crippen LogP contribution in [0.3, 0.4) is 0 Å². The molecule has 0 spiro atoms. The second-order valence-electron chi connectivity index (χ2n) is 4.63. The van der Waals surface area contributed by atoms with E-state index in [0.717, 1.165) is 0 Å². The molecule has 1 aromatic heterocycles. The number of rotatable bonds is 3. The molecule has 1 rings (SSSR count). The van der Waals surface area contributed by atoms with Gasteiger partial charge in [0.05, 0.1) is 0 Å². The third-order valence-electron chi connectivity index (χ3n) is 1.81. The molecular weight excluding hydrogens is 196 g/mol. The van der Waals surface area contributed by atoms with Crippen molar-refractivity contribution in [3.63, 3.8) is 0 Å². The van der Waals surface area contributed by atoms with Crippen molar-refractivity contribution in [3.05, 3.63) is 17.3 Å². The van der Waals surface area contributed by atoms with Gasteiger partial charge in [0.25, 0.3) is 0 Å². The van der Waals surface area contributed by atoms with Gasteiger partial charge in [0.15, 0.2) is 5.89 Å². The number of hydrogen-bond acceptors (Lipinski definition) is 4. The first-order chi connectivity index (χ1) is 6.83. The van der Waals surface area contributed by atoms with Crippen LogP contribution in [0.1, 0.15) is 42.9 Å². The minimum Gasteiger partial charge on any atom is -0.475 e. The molecule has 0 amide bonds. The van der Waals surface area contributed by atoms with Gasteiger partial charge in [-0.2, -0.15) is 0 Å². The number of carbonyl (C=O) groups is 1. The van der Waals surface area contributed by atoms with Crippen molar-refractivity contribution >= 4 is 5.97 Å². The van der Waals surface area contributed by atoms with E-state index in [0.29, 0.717) is 18.0 Å². The minimum atomic E-state index is -1.12. The molecule has 3 N–H and O–H groups in total. The van der Waals surface area contributed by atoms with Crippen molar-refractivity contribution in [2.45, 2.75) is 33.7 Å². The van der Waals surface area contributed by atoms with Crippen molar-refractivity contribution in [1.82, 2.24) is 4.98 Å². The fourth-order valence-electron chi connectivity index (χ4n) is 1.24. The number of nitrogens with zero attached hydrogens (tertiary/aromatic N) is 1. The summed E-state index contributed by atoms with van der Waals surface area (Å²) in [6.45, 7) is 6.16. The molecule has 15 heavy (non-hydrogen) atoms. The zero-order chi connectivity index (χ0) is 11.6. The number of aromatic nitrogens is 1. The molecule has 0 unspecified atom stereocenters. The van der Waals surface area contributed by atoms with Gasteiger partial charge >= 0.3 is 5.97 Å². The van der Waals surface area contributed by atoms with Crippen molar-refractivity contribution < 1.29 is 14.3 Å². The summed E-state index contributed by atoms with van der Waals surface area (Å²) < 4.78 is 5.15. The van der Waals surface area contributed by atoms with E-state index >= 15 is 0 Å². The zero-order valence-electron chi connectivity index (χ0n) is 9.20. The molecule has 84 valence electrons. The monoisotopic (exact) mass is 212 g/mol. The van der Waals surface area contributed by atoms with Crippen LogP contribution in [0.25, 0.3) is 0 Å². The van der Waals surface area contributed by atoms with Gasteiger partial charge in [-0.3, -0.25) is 0 Å². The van der Waals surface area contributed by atoms with E-state index in [2.05, 4.69) is 4.98 Å². The highest BCUT2D eigenvalue weighted by atomic mass is 16.4. The number of aromatic carboxylic acids is 1. The third-order valence-corrected chi connectivity index (χ3v) is 1.81. The van der Waals surface area contributed by atoms with Gasteiger partial charge in [0, 0.05) is 13.0 Å². The van der Waals surface area contributed by atoms with Gasteiger partial charge < -0.3 is 15.3 Å². The molecule has 5 nitrogen and oxygen atoms in total. The molecule has 0 bridgehead atoms. The second kappa shape index (κ2) is 4.02. The number of nitrogens with two attached hydrogens (primary N) is 1. The van der Waals surface area contributed by atoms with Crippen LogP contribution in [0.4, 0.5) is 0 Å². The van der Waals surface area contributed by atoms with Gasteiger partial charge in [-0.1, -0.05) is 20.8 Å². The van der Waals surface area contributed by atoms with Crippen molar-refractivity contribution in [1.29, 1.82) is 0 Å². The molecule has 0 saturated heterocycles. The average molecular weight is 212 g/mol. The van der Waals surface area contributed by atoms with Crippen molar-refractivity contribution in [2.24, 2.45) is 11.1 Å². The summed E-state index contributed by atoms with van der Waals surface area (Å²) in [6.07, 6.45) is 0.591. The van der Waals surface area contributed by atoms with Gasteiger partial charge in [-0.15, -0.1) is 0 Å². The Kier molecular flexibility index (Phi) is 3.14. The molecule has 0 saturated carbocycles. The molecule has 0 fully saturated rings. The first kappa shape index (κ1) is 11.7. The summed E-state index contributed by atoms with van der Waals surface area (Å²) in [7, 11) is 0. The van der Waals surface area contributed by atoms with Crippen LogP contribution in [0.5, 0.6) is 0 Å². The summed E-state index contributed by atoms with van der Waals surface area (Å²) in [6, 6.07) is 0. The predicted molar refractivity (Wildman–Crippen MR) is 54.5 cm³/mol. The van der Waals surface area contributed by atoms with Gasteiger partial charge in [0.1, 0.15) is 5.69 Å². The van der Waals surface area contributed by atoms with Crippen LogP contribution in [0.2, 0.25) is 0 Å². The highest BCUT2D eigenvalue weighted by Gasteiger charge is 2.21. The lowest BCUT2D eigenvalue weighted by molar-refractivity contribution is 0.0657. The van der Waals surface area contributed by atoms with Gasteiger partial charge in [0.2, 0.25) is 5.76 Å². The minimum absolute atomic E-state index is 0.00644. The van der Waals surface area contributed by atoms with Gasteiger partial charge in [-0.25, -0.2) is 9.78 Å². The Morgan fingerprint density at radius 3 is 2.47 bits per heavy atom. The summed E-state index contributed by atoms with van der Waals surface area (Å²) in [5.74, 6) is -0.833. The van der Waals surface area contributed by atoms with Crippen LogP contribution in [0, 0.1) is 5.41 Å². The Morgan fingerprint density at radius 2 is 2.13 bits per heavy atom. The fourth-order valence-corrected chi connectivity index (χ4v) is 1.24. The topological polar surface area (TPSA) is 89.3 Å². The summed E-state index contributed by atoms with van der Waals surface area (Å²) in [5, 5.41) is 8.82. The van der Waals surface area contributed by atoms with E-state index in [4.69, 9.17) is 15.3 Å². The lowest BCUT2D eigenvalue weighted by Gasteiger charge is -2.14. The molecule has 0 aromatic carbocycles. The molecule has 0 aliphatic rings. The largest absolute Gasteiger partial charge is 0.475 e. The van der Waals surface area contributed by atoms with Crippen LogP contribution >= 0.6 is 0 Å². The maximum atomic E-state index is 10.8. The maximum Gasteiger partial charge on any atom is 0.373 e. The van der Waals surface area contributed by atoms with Crippen molar-refractivity contribution in [3.8, 4) is 0 Å². The Morgan fingerprint density at radius 1 is 1.53 bits per heavy atom. The Hall–Kier alpha value is -1.36. The SMILES string of the molecule is CC(C)(C)Cc1nc(CN)c(C(=O)O)o1. The molecule has 1 heterocycles. The van der Waals surface area contributed by atoms with Crippen LogP contribution in [-0.4, -0.2) is 16.1 Å². The van der Waals surface area contributed by atoms with E-state index in [1.807, 2.05) is 20.8 Å². The zero-order valence-corrected chi connectivity index (χ0v) is 9.20. The highest BCUT2D eigenvalue weighted by Crippen LogP contribution is 2.21. The molecule has 0 atom stereocenters. The molecule has 1 aromatic rings. The smallest absolute Gasteiger partial charge is 0.373 e. The number of oxazole rings is 1. The van der Waals surface area contributed by atoms with E-state index in [1.165, 1.54) is 0 Å². The Bertz CT molecular complexity index is 363. The van der Waals surface area contributed by atoms with Gasteiger partial charge in [-0.05, 0) is 5.41 Å². The standard InChI is InChI=1S/C10H16N2O3/c1-10(2,3)4-7-12-6(5-11)8(15-7)9(13)14/h4-5,11H2,1-3H3,(H,13,14). The molecular formula is C10H16N2O3. The quantitative estimate of drug-likeness (QED) is 0.790. The molecule has 0 radical (unpaired) electrons. The third kappa shape index (κ3) is 3.06. The van der Waals surface area contributed by atoms with E-state index in [9.17, 15) is 4.79 Å². The number of carboxylic acid groups (broad SMARTS) is 1. The van der Waals surface area contributed by atoms with E-state index in [-0.39, 0.29) is 17.7 Å². The Labute approximate surface area is 88.3 Å². The van der Waals surface area contributed by atoms with Crippen LogP contribution in [-0.2, 0) is 13.0 Å². The predicted octanol–water partition coefficient (Wildman–Crippen LogP) is 1.42. The molecule has 0 aliphatic carbocycles. The summed E-state index contributed by atoms with van der Waals surface area (Å²) in [4.78, 5) is 14.8. The van der Waals surface area contributed by atoms with Crippen molar-refractivity contribution in [2.75, 3.05) is 0 Å². The fraction of sp³-hybridized carbons (Fsp3) is 0.600. The molecule has 5 heteroatoms. The summed E-state index contributed by atoms with van der Waals surface area (Å²) >= 11 is 0. The maximum absolute atomic E-state index is 10.8. The highest BCUT2D eigenvalue weighted by molar-refractivity contribution is 5.85. The Balaban J connectivity index is 2.98. The lowest BCUT2D eigenvalue weighted by atomic mass is 9.92. The first-order valence-corrected chi connectivity index (χ1v) is 4.75. The average Bonchev–Trinajstić information content (AvgIpc) is 2.44. The number of hydrogen-bond donors (Lipinski definition) is 2. The van der Waals surface area contributed by atoms with Crippen LogP contribution in [0.15, 0.2) is 4.42 Å². The van der Waals surface area contributed by atoms with E-state index in [1.54, 1.807) is 0 Å². The van der Waals surface area contributed by atoms with E-state index < -0.39 is 5.97 Å². The number of carboxylic acids is 1. The second-order valence-corrected chi connectivity index (χ2v) is 4.63. The van der Waals surface area contributed by atoms with Crippen LogP contribution < -0.4 is 5.73 Å².